The van der Waals surface area contributed by atoms with E-state index in [1.807, 2.05) is 7.05 Å². The molecule has 0 fully saturated rings. The van der Waals surface area contributed by atoms with Gasteiger partial charge in [0.15, 0.2) is 0 Å². The highest BCUT2D eigenvalue weighted by atomic mass is 16.5. The predicted molar refractivity (Wildman–Crippen MR) is 78.1 cm³/mol. The summed E-state index contributed by atoms with van der Waals surface area (Å²) in [5.74, 6) is 1.16. The van der Waals surface area contributed by atoms with Crippen molar-refractivity contribution in [3.05, 3.63) is 35.4 Å². The first-order valence-corrected chi connectivity index (χ1v) is 6.93. The van der Waals surface area contributed by atoms with Crippen LogP contribution in [0.2, 0.25) is 0 Å². The molecule has 0 aromatic heterocycles. The highest BCUT2D eigenvalue weighted by Gasteiger charge is 2.12. The van der Waals surface area contributed by atoms with Gasteiger partial charge in [0.25, 0.3) is 0 Å². The van der Waals surface area contributed by atoms with Crippen LogP contribution in [0, 0.1) is 12.8 Å². The van der Waals surface area contributed by atoms with Crippen molar-refractivity contribution in [3.8, 4) is 0 Å². The molecular formula is C16H27NO. The van der Waals surface area contributed by atoms with E-state index in [-0.39, 0.29) is 0 Å². The number of hydrogen-bond donors (Lipinski definition) is 1. The maximum Gasteiger partial charge on any atom is 0.0488 e. The van der Waals surface area contributed by atoms with Crippen LogP contribution in [0.5, 0.6) is 0 Å². The molecule has 2 nitrogen and oxygen atoms in total. The number of likely N-dealkylation sites (N-methyl/N-ethyl adjacent to an activating group) is 1. The number of ether oxygens (including phenoxy) is 1. The number of nitrogens with one attached hydrogen (secondary N) is 1. The van der Waals surface area contributed by atoms with Gasteiger partial charge in [-0.1, -0.05) is 38.1 Å². The quantitative estimate of drug-likeness (QED) is 0.713. The van der Waals surface area contributed by atoms with Crippen LogP contribution in [0.3, 0.4) is 0 Å². The summed E-state index contributed by atoms with van der Waals surface area (Å²) in [7, 11) is 2.01. The molecule has 1 aromatic rings. The lowest BCUT2D eigenvalue weighted by Gasteiger charge is -2.19. The van der Waals surface area contributed by atoms with Gasteiger partial charge in [-0.3, -0.25) is 0 Å². The van der Waals surface area contributed by atoms with Crippen LogP contribution in [0.4, 0.5) is 0 Å². The Kier molecular flexibility index (Phi) is 6.99. The van der Waals surface area contributed by atoms with Crippen LogP contribution in [-0.2, 0) is 4.74 Å². The minimum Gasteiger partial charge on any atom is -0.381 e. The zero-order valence-corrected chi connectivity index (χ0v) is 12.2. The van der Waals surface area contributed by atoms with E-state index >= 15 is 0 Å². The first-order chi connectivity index (χ1) is 8.65. The maximum atomic E-state index is 5.71. The lowest BCUT2D eigenvalue weighted by atomic mass is 9.92. The van der Waals surface area contributed by atoms with Crippen molar-refractivity contribution in [2.75, 3.05) is 26.8 Å². The number of rotatable bonds is 8. The lowest BCUT2D eigenvalue weighted by Crippen LogP contribution is -2.20. The van der Waals surface area contributed by atoms with Crippen molar-refractivity contribution in [2.24, 2.45) is 5.92 Å². The Hall–Kier alpha value is -0.860. The Morgan fingerprint density at radius 1 is 1.22 bits per heavy atom. The summed E-state index contributed by atoms with van der Waals surface area (Å²) in [6.45, 7) is 9.28. The normalized spacial score (nSPS) is 12.9. The second-order valence-electron chi connectivity index (χ2n) is 5.37. The summed E-state index contributed by atoms with van der Waals surface area (Å²) >= 11 is 0. The molecule has 1 atom stereocenters. The molecule has 0 aliphatic heterocycles. The van der Waals surface area contributed by atoms with Crippen LogP contribution in [0.1, 0.15) is 37.3 Å². The molecule has 1 N–H and O–H groups in total. The van der Waals surface area contributed by atoms with Gasteiger partial charge in [0.1, 0.15) is 0 Å². The second-order valence-corrected chi connectivity index (χ2v) is 5.37. The predicted octanol–water partition coefficient (Wildman–Crippen LogP) is 3.36. The summed E-state index contributed by atoms with van der Waals surface area (Å²) in [6, 6.07) is 8.65. The Morgan fingerprint density at radius 3 is 2.56 bits per heavy atom. The minimum atomic E-state index is 0.545. The highest BCUT2D eigenvalue weighted by molar-refractivity contribution is 5.29. The SMILES string of the molecule is CNCC(CCOCC(C)C)c1ccccc1C. The highest BCUT2D eigenvalue weighted by Crippen LogP contribution is 2.22. The Balaban J connectivity index is 2.52. The van der Waals surface area contributed by atoms with E-state index in [4.69, 9.17) is 4.74 Å². The number of hydrogen-bond acceptors (Lipinski definition) is 2. The van der Waals surface area contributed by atoms with E-state index in [9.17, 15) is 0 Å². The van der Waals surface area contributed by atoms with Crippen molar-refractivity contribution in [2.45, 2.75) is 33.1 Å². The fourth-order valence-corrected chi connectivity index (χ4v) is 2.20. The molecule has 0 spiro atoms. The monoisotopic (exact) mass is 249 g/mol. The first kappa shape index (κ1) is 15.2. The maximum absolute atomic E-state index is 5.71. The van der Waals surface area contributed by atoms with Gasteiger partial charge in [-0.15, -0.1) is 0 Å². The molecule has 0 aliphatic rings. The van der Waals surface area contributed by atoms with Gasteiger partial charge >= 0.3 is 0 Å². The van der Waals surface area contributed by atoms with Crippen LogP contribution < -0.4 is 5.32 Å². The topological polar surface area (TPSA) is 21.3 Å². The number of aryl methyl sites for hydroxylation is 1. The molecule has 0 amide bonds. The summed E-state index contributed by atoms with van der Waals surface area (Å²) in [5, 5.41) is 3.29. The molecule has 18 heavy (non-hydrogen) atoms. The third kappa shape index (κ3) is 5.19. The van der Waals surface area contributed by atoms with Gasteiger partial charge in [0.2, 0.25) is 0 Å². The summed E-state index contributed by atoms with van der Waals surface area (Å²) in [5.41, 5.74) is 2.82. The van der Waals surface area contributed by atoms with Crippen molar-refractivity contribution < 1.29 is 4.74 Å². The lowest BCUT2D eigenvalue weighted by molar-refractivity contribution is 0.103. The average molecular weight is 249 g/mol. The molecule has 1 rings (SSSR count). The molecule has 0 radical (unpaired) electrons. The molecule has 0 bridgehead atoms. The molecule has 2 heteroatoms. The van der Waals surface area contributed by atoms with Gasteiger partial charge in [-0.05, 0) is 43.4 Å². The van der Waals surface area contributed by atoms with Gasteiger partial charge in [0, 0.05) is 19.8 Å². The van der Waals surface area contributed by atoms with E-state index in [0.29, 0.717) is 11.8 Å². The molecule has 0 saturated heterocycles. The van der Waals surface area contributed by atoms with Crippen LogP contribution in [-0.4, -0.2) is 26.8 Å². The van der Waals surface area contributed by atoms with Crippen molar-refractivity contribution in [1.82, 2.24) is 5.32 Å². The fraction of sp³-hybridized carbons (Fsp3) is 0.625. The Labute approximate surface area is 112 Å². The van der Waals surface area contributed by atoms with Gasteiger partial charge < -0.3 is 10.1 Å². The zero-order chi connectivity index (χ0) is 13.4. The molecule has 102 valence electrons. The molecule has 0 aliphatic carbocycles. The van der Waals surface area contributed by atoms with Crippen molar-refractivity contribution in [3.63, 3.8) is 0 Å². The second kappa shape index (κ2) is 8.28. The summed E-state index contributed by atoms with van der Waals surface area (Å²) in [4.78, 5) is 0. The zero-order valence-electron chi connectivity index (χ0n) is 12.2. The average Bonchev–Trinajstić information content (AvgIpc) is 2.34. The fourth-order valence-electron chi connectivity index (χ4n) is 2.20. The van der Waals surface area contributed by atoms with Crippen molar-refractivity contribution >= 4 is 0 Å². The minimum absolute atomic E-state index is 0.545. The molecule has 0 heterocycles. The van der Waals surface area contributed by atoms with Crippen LogP contribution >= 0.6 is 0 Å². The molecule has 1 aromatic carbocycles. The summed E-state index contributed by atoms with van der Waals surface area (Å²) in [6.07, 6.45) is 1.08. The Morgan fingerprint density at radius 2 is 1.94 bits per heavy atom. The molecular weight excluding hydrogens is 222 g/mol. The summed E-state index contributed by atoms with van der Waals surface area (Å²) < 4.78 is 5.71. The molecule has 1 unspecified atom stereocenters. The van der Waals surface area contributed by atoms with Crippen LogP contribution in [0.25, 0.3) is 0 Å². The van der Waals surface area contributed by atoms with E-state index < -0.39 is 0 Å². The largest absolute Gasteiger partial charge is 0.381 e. The van der Waals surface area contributed by atoms with Gasteiger partial charge in [0.05, 0.1) is 0 Å². The molecule has 0 saturated carbocycles. The van der Waals surface area contributed by atoms with Crippen LogP contribution in [0.15, 0.2) is 24.3 Å². The van der Waals surface area contributed by atoms with Gasteiger partial charge in [-0.25, -0.2) is 0 Å². The van der Waals surface area contributed by atoms with E-state index in [1.54, 1.807) is 0 Å². The standard InChI is InChI=1S/C16H27NO/c1-13(2)12-18-10-9-15(11-17-4)16-8-6-5-7-14(16)3/h5-8,13,15,17H,9-12H2,1-4H3. The smallest absolute Gasteiger partial charge is 0.0488 e. The van der Waals surface area contributed by atoms with E-state index in [2.05, 4.69) is 50.4 Å². The van der Waals surface area contributed by atoms with E-state index in [1.165, 1.54) is 11.1 Å². The van der Waals surface area contributed by atoms with E-state index in [0.717, 1.165) is 26.2 Å². The third-order valence-electron chi connectivity index (χ3n) is 3.14. The first-order valence-electron chi connectivity index (χ1n) is 6.93. The van der Waals surface area contributed by atoms with Gasteiger partial charge in [-0.2, -0.15) is 0 Å². The van der Waals surface area contributed by atoms with Crippen molar-refractivity contribution in [1.29, 1.82) is 0 Å². The Bertz CT molecular complexity index is 336. The number of benzene rings is 1. The third-order valence-corrected chi connectivity index (χ3v) is 3.14.